The zero-order valence-corrected chi connectivity index (χ0v) is 7.99. The summed E-state index contributed by atoms with van der Waals surface area (Å²) in [5.41, 5.74) is 0. The van der Waals surface area contributed by atoms with E-state index < -0.39 is 5.97 Å². The summed E-state index contributed by atoms with van der Waals surface area (Å²) in [4.78, 5) is 23.3. The summed E-state index contributed by atoms with van der Waals surface area (Å²) in [7, 11) is 0. The van der Waals surface area contributed by atoms with Gasteiger partial charge in [-0.3, -0.25) is 14.5 Å². The predicted octanol–water partition coefficient (Wildman–Crippen LogP) is 0.513. The van der Waals surface area contributed by atoms with Gasteiger partial charge in [-0.15, -0.1) is 0 Å². The van der Waals surface area contributed by atoms with Crippen LogP contribution in [0.15, 0.2) is 0 Å². The van der Waals surface area contributed by atoms with Crippen molar-refractivity contribution in [1.82, 2.24) is 4.90 Å². The van der Waals surface area contributed by atoms with Crippen molar-refractivity contribution in [2.24, 2.45) is 0 Å². The molecule has 0 aromatic heterocycles. The summed E-state index contributed by atoms with van der Waals surface area (Å²) < 4.78 is 0. The van der Waals surface area contributed by atoms with E-state index in [1.165, 1.54) is 6.92 Å². The lowest BCUT2D eigenvalue weighted by Crippen LogP contribution is -2.42. The van der Waals surface area contributed by atoms with Gasteiger partial charge in [0.2, 0.25) is 0 Å². The highest BCUT2D eigenvalue weighted by molar-refractivity contribution is 5.81. The maximum absolute atomic E-state index is 11.1. The zero-order chi connectivity index (χ0) is 10.0. The fourth-order valence-corrected chi connectivity index (χ4v) is 1.38. The van der Waals surface area contributed by atoms with Gasteiger partial charge in [0.05, 0.1) is 12.6 Å². The predicted molar refractivity (Wildman–Crippen MR) is 47.5 cm³/mol. The van der Waals surface area contributed by atoms with Gasteiger partial charge in [0, 0.05) is 6.04 Å². The maximum Gasteiger partial charge on any atom is 0.317 e. The summed E-state index contributed by atoms with van der Waals surface area (Å²) >= 11 is 0. The first-order chi connectivity index (χ1) is 6.02. The van der Waals surface area contributed by atoms with E-state index in [0.717, 1.165) is 12.8 Å². The van der Waals surface area contributed by atoms with E-state index in [9.17, 15) is 9.59 Å². The number of Topliss-reactive ketones (excluding diaryl/α,β-unsaturated/α-hetero) is 1. The summed E-state index contributed by atoms with van der Waals surface area (Å²) in [6.45, 7) is 3.25. The Bertz CT molecular complexity index is 223. The van der Waals surface area contributed by atoms with Crippen molar-refractivity contribution in [3.63, 3.8) is 0 Å². The molecule has 1 N–H and O–H groups in total. The normalized spacial score (nSPS) is 18.7. The minimum absolute atomic E-state index is 0.0224. The Hall–Kier alpha value is -0.900. The molecule has 0 radical (unpaired) electrons. The molecule has 74 valence electrons. The highest BCUT2D eigenvalue weighted by atomic mass is 16.4. The number of hydrogen-bond donors (Lipinski definition) is 1. The number of ketones is 1. The van der Waals surface area contributed by atoms with Crippen LogP contribution in [0.5, 0.6) is 0 Å². The number of nitrogens with zero attached hydrogens (tertiary/aromatic N) is 1. The fraction of sp³-hybridized carbons (Fsp3) is 0.778. The molecule has 0 spiro atoms. The third-order valence-electron chi connectivity index (χ3n) is 2.42. The van der Waals surface area contributed by atoms with Crippen LogP contribution < -0.4 is 0 Å². The Labute approximate surface area is 77.5 Å². The minimum atomic E-state index is -0.861. The summed E-state index contributed by atoms with van der Waals surface area (Å²) in [5.74, 6) is -0.826. The topological polar surface area (TPSA) is 57.6 Å². The van der Waals surface area contributed by atoms with Crippen LogP contribution in [0.1, 0.15) is 26.7 Å². The molecule has 1 atom stereocenters. The smallest absolute Gasteiger partial charge is 0.317 e. The molecule has 1 fully saturated rings. The summed E-state index contributed by atoms with van der Waals surface area (Å²) in [6, 6.07) is 0.0543. The van der Waals surface area contributed by atoms with E-state index in [2.05, 4.69) is 0 Å². The van der Waals surface area contributed by atoms with Gasteiger partial charge in [-0.2, -0.15) is 0 Å². The molecule has 4 nitrogen and oxygen atoms in total. The van der Waals surface area contributed by atoms with Gasteiger partial charge in [-0.1, -0.05) is 0 Å². The second kappa shape index (κ2) is 3.87. The molecule has 0 bridgehead atoms. The number of aliphatic carboxylic acids is 1. The lowest BCUT2D eigenvalue weighted by molar-refractivity contribution is -0.139. The number of carboxylic acids is 1. The SMILES string of the molecule is CC(=O)C(C)N(CC(=O)O)C1CC1. The first-order valence-electron chi connectivity index (χ1n) is 4.50. The van der Waals surface area contributed by atoms with Gasteiger partial charge in [0.15, 0.2) is 0 Å². The Morgan fingerprint density at radius 3 is 2.38 bits per heavy atom. The quantitative estimate of drug-likeness (QED) is 0.678. The van der Waals surface area contributed by atoms with Gasteiger partial charge < -0.3 is 5.11 Å². The van der Waals surface area contributed by atoms with E-state index in [1.807, 2.05) is 0 Å². The summed E-state index contributed by atoms with van der Waals surface area (Å²) in [6.07, 6.45) is 2.04. The first-order valence-corrected chi connectivity index (χ1v) is 4.50. The molecule has 0 aliphatic heterocycles. The highest BCUT2D eigenvalue weighted by Gasteiger charge is 2.34. The van der Waals surface area contributed by atoms with Gasteiger partial charge in [0.25, 0.3) is 0 Å². The number of carbonyl (C=O) groups is 2. The van der Waals surface area contributed by atoms with Crippen molar-refractivity contribution < 1.29 is 14.7 Å². The van der Waals surface area contributed by atoms with Crippen molar-refractivity contribution in [3.05, 3.63) is 0 Å². The van der Waals surface area contributed by atoms with Crippen LogP contribution in [0.2, 0.25) is 0 Å². The standard InChI is InChI=1S/C9H15NO3/c1-6(7(2)11)10(5-9(12)13)8-3-4-8/h6,8H,3-5H2,1-2H3,(H,12,13). The second-order valence-corrected chi connectivity index (χ2v) is 3.58. The third-order valence-corrected chi connectivity index (χ3v) is 2.42. The van der Waals surface area contributed by atoms with E-state index in [1.54, 1.807) is 11.8 Å². The molecule has 1 aliphatic rings. The Kier molecular flexibility index (Phi) is 3.03. The van der Waals surface area contributed by atoms with E-state index >= 15 is 0 Å². The molecule has 1 rings (SSSR count). The van der Waals surface area contributed by atoms with E-state index in [0.29, 0.717) is 6.04 Å². The lowest BCUT2D eigenvalue weighted by Gasteiger charge is -2.24. The number of carbonyl (C=O) groups excluding carboxylic acids is 1. The van der Waals surface area contributed by atoms with Gasteiger partial charge >= 0.3 is 5.97 Å². The Morgan fingerprint density at radius 2 is 2.08 bits per heavy atom. The highest BCUT2D eigenvalue weighted by Crippen LogP contribution is 2.28. The van der Waals surface area contributed by atoms with Crippen LogP contribution in [0, 0.1) is 0 Å². The third kappa shape index (κ3) is 2.81. The Morgan fingerprint density at radius 1 is 1.54 bits per heavy atom. The molecule has 0 heterocycles. The van der Waals surface area contributed by atoms with Gasteiger partial charge in [-0.05, 0) is 26.7 Å². The minimum Gasteiger partial charge on any atom is -0.480 e. The molecule has 0 aromatic rings. The molecule has 1 unspecified atom stereocenters. The van der Waals surface area contributed by atoms with Crippen molar-refractivity contribution in [2.75, 3.05) is 6.54 Å². The van der Waals surface area contributed by atoms with Crippen molar-refractivity contribution in [2.45, 2.75) is 38.8 Å². The largest absolute Gasteiger partial charge is 0.480 e. The summed E-state index contributed by atoms with van der Waals surface area (Å²) in [5, 5.41) is 8.64. The van der Waals surface area contributed by atoms with Gasteiger partial charge in [-0.25, -0.2) is 0 Å². The van der Waals surface area contributed by atoms with Crippen LogP contribution >= 0.6 is 0 Å². The second-order valence-electron chi connectivity index (χ2n) is 3.58. The first kappa shape index (κ1) is 10.2. The van der Waals surface area contributed by atoms with Crippen molar-refractivity contribution >= 4 is 11.8 Å². The molecule has 0 amide bonds. The van der Waals surface area contributed by atoms with Crippen molar-refractivity contribution in [1.29, 1.82) is 0 Å². The van der Waals surface area contributed by atoms with E-state index in [4.69, 9.17) is 5.11 Å². The molecule has 1 aliphatic carbocycles. The maximum atomic E-state index is 11.1. The van der Waals surface area contributed by atoms with Gasteiger partial charge in [0.1, 0.15) is 5.78 Å². The zero-order valence-electron chi connectivity index (χ0n) is 7.99. The monoisotopic (exact) mass is 185 g/mol. The van der Waals surface area contributed by atoms with E-state index in [-0.39, 0.29) is 18.4 Å². The molecule has 1 saturated carbocycles. The van der Waals surface area contributed by atoms with Crippen LogP contribution in [-0.2, 0) is 9.59 Å². The average Bonchev–Trinajstić information content (AvgIpc) is 2.80. The van der Waals surface area contributed by atoms with Crippen LogP contribution in [0.25, 0.3) is 0 Å². The number of carboxylic acid groups (broad SMARTS) is 1. The number of hydrogen-bond acceptors (Lipinski definition) is 3. The Balaban J connectivity index is 2.55. The average molecular weight is 185 g/mol. The van der Waals surface area contributed by atoms with Crippen molar-refractivity contribution in [3.8, 4) is 0 Å². The molecular formula is C9H15NO3. The molecule has 0 saturated heterocycles. The molecule has 4 heteroatoms. The van der Waals surface area contributed by atoms with Crippen LogP contribution in [0.3, 0.4) is 0 Å². The fourth-order valence-electron chi connectivity index (χ4n) is 1.38. The lowest BCUT2D eigenvalue weighted by atomic mass is 10.2. The van der Waals surface area contributed by atoms with Crippen LogP contribution in [0.4, 0.5) is 0 Å². The molecular weight excluding hydrogens is 170 g/mol. The van der Waals surface area contributed by atoms with Crippen LogP contribution in [-0.4, -0.2) is 40.4 Å². The molecule has 0 aromatic carbocycles. The molecule has 13 heavy (non-hydrogen) atoms. The number of rotatable bonds is 5.